The van der Waals surface area contributed by atoms with Crippen molar-refractivity contribution in [3.63, 3.8) is 0 Å². The first-order valence-corrected chi connectivity index (χ1v) is 7.43. The van der Waals surface area contributed by atoms with Crippen molar-refractivity contribution in [2.45, 2.75) is 13.0 Å². The van der Waals surface area contributed by atoms with Gasteiger partial charge in [-0.05, 0) is 24.6 Å². The molecule has 0 fully saturated rings. The molecular formula is C18H24N2O2. The van der Waals surface area contributed by atoms with Crippen molar-refractivity contribution in [2.24, 2.45) is 0 Å². The van der Waals surface area contributed by atoms with Crippen molar-refractivity contribution in [1.82, 2.24) is 5.32 Å². The fourth-order valence-electron chi connectivity index (χ4n) is 2.30. The van der Waals surface area contributed by atoms with Crippen molar-refractivity contribution >= 4 is 5.69 Å². The molecule has 4 heteroatoms. The van der Waals surface area contributed by atoms with Gasteiger partial charge in [0.25, 0.3) is 0 Å². The van der Waals surface area contributed by atoms with E-state index in [4.69, 9.17) is 4.74 Å². The van der Waals surface area contributed by atoms with Gasteiger partial charge in [-0.2, -0.15) is 0 Å². The lowest BCUT2D eigenvalue weighted by atomic mass is 10.1. The summed E-state index contributed by atoms with van der Waals surface area (Å²) in [4.78, 5) is 2.00. The summed E-state index contributed by atoms with van der Waals surface area (Å²) in [6.45, 7) is 1.47. The monoisotopic (exact) mass is 300 g/mol. The van der Waals surface area contributed by atoms with E-state index in [1.165, 1.54) is 5.56 Å². The number of methoxy groups -OCH3 is 1. The van der Waals surface area contributed by atoms with Crippen LogP contribution in [0.4, 0.5) is 5.69 Å². The summed E-state index contributed by atoms with van der Waals surface area (Å²) in [6, 6.07) is 14.2. The molecular weight excluding hydrogens is 276 g/mol. The van der Waals surface area contributed by atoms with Crippen LogP contribution in [0.1, 0.15) is 11.1 Å². The Kier molecular flexibility index (Phi) is 5.67. The van der Waals surface area contributed by atoms with Gasteiger partial charge < -0.3 is 20.1 Å². The molecule has 0 saturated carbocycles. The van der Waals surface area contributed by atoms with E-state index in [1.54, 1.807) is 7.11 Å². The molecule has 0 aliphatic carbocycles. The van der Waals surface area contributed by atoms with Crippen molar-refractivity contribution < 1.29 is 9.84 Å². The zero-order valence-corrected chi connectivity index (χ0v) is 13.5. The number of nitrogens with zero attached hydrogens (tertiary/aromatic N) is 1. The van der Waals surface area contributed by atoms with E-state index < -0.39 is 0 Å². The summed E-state index contributed by atoms with van der Waals surface area (Å²) in [7, 11) is 5.51. The predicted octanol–water partition coefficient (Wildman–Crippen LogP) is 2.80. The average Bonchev–Trinajstić information content (AvgIpc) is 2.53. The lowest BCUT2D eigenvalue weighted by Gasteiger charge is -2.17. The van der Waals surface area contributed by atoms with Crippen LogP contribution in [0.25, 0.3) is 0 Å². The molecule has 2 rings (SSSR count). The number of aromatic hydroxyl groups is 1. The van der Waals surface area contributed by atoms with Gasteiger partial charge in [0.1, 0.15) is 0 Å². The van der Waals surface area contributed by atoms with Crippen LogP contribution in [-0.2, 0) is 13.0 Å². The Balaban J connectivity index is 1.98. The molecule has 2 aromatic carbocycles. The summed E-state index contributed by atoms with van der Waals surface area (Å²) in [6.07, 6.45) is 0.964. The summed E-state index contributed by atoms with van der Waals surface area (Å²) in [5.41, 5.74) is 3.16. The largest absolute Gasteiger partial charge is 0.504 e. The highest BCUT2D eigenvalue weighted by Crippen LogP contribution is 2.34. The molecule has 0 bridgehead atoms. The SMILES string of the molecule is COc1cc(N(C)C)cc(CNCCc2ccccc2)c1O. The first-order chi connectivity index (χ1) is 10.6. The van der Waals surface area contributed by atoms with Gasteiger partial charge >= 0.3 is 0 Å². The lowest BCUT2D eigenvalue weighted by molar-refractivity contribution is 0.370. The zero-order valence-electron chi connectivity index (χ0n) is 13.5. The van der Waals surface area contributed by atoms with Gasteiger partial charge in [-0.1, -0.05) is 30.3 Å². The number of hydrogen-bond donors (Lipinski definition) is 2. The Hall–Kier alpha value is -2.20. The normalized spacial score (nSPS) is 10.5. The second-order valence-corrected chi connectivity index (χ2v) is 5.46. The molecule has 2 aromatic rings. The Morgan fingerprint density at radius 1 is 1.14 bits per heavy atom. The Morgan fingerprint density at radius 3 is 2.50 bits per heavy atom. The molecule has 0 atom stereocenters. The number of anilines is 1. The molecule has 0 spiro atoms. The quantitative estimate of drug-likeness (QED) is 0.772. The van der Waals surface area contributed by atoms with E-state index in [2.05, 4.69) is 17.4 Å². The molecule has 0 aliphatic heterocycles. The number of phenols is 1. The van der Waals surface area contributed by atoms with Gasteiger partial charge in [-0.15, -0.1) is 0 Å². The van der Waals surface area contributed by atoms with Crippen LogP contribution in [0.2, 0.25) is 0 Å². The minimum atomic E-state index is 0.209. The van der Waals surface area contributed by atoms with Gasteiger partial charge in [0.2, 0.25) is 0 Å². The van der Waals surface area contributed by atoms with Gasteiger partial charge in [-0.3, -0.25) is 0 Å². The molecule has 0 radical (unpaired) electrons. The van der Waals surface area contributed by atoms with Crippen LogP contribution in [0.5, 0.6) is 11.5 Å². The fraction of sp³-hybridized carbons (Fsp3) is 0.333. The van der Waals surface area contributed by atoms with Crippen molar-refractivity contribution in [3.05, 3.63) is 53.6 Å². The second kappa shape index (κ2) is 7.71. The first kappa shape index (κ1) is 16.2. The van der Waals surface area contributed by atoms with E-state index in [0.29, 0.717) is 12.3 Å². The smallest absolute Gasteiger partial charge is 0.162 e. The Bertz CT molecular complexity index is 598. The maximum Gasteiger partial charge on any atom is 0.162 e. The third kappa shape index (κ3) is 4.15. The Labute approximate surface area is 132 Å². The van der Waals surface area contributed by atoms with E-state index in [9.17, 15) is 5.11 Å². The lowest BCUT2D eigenvalue weighted by Crippen LogP contribution is -2.17. The predicted molar refractivity (Wildman–Crippen MR) is 90.8 cm³/mol. The third-order valence-corrected chi connectivity index (χ3v) is 3.62. The molecule has 0 amide bonds. The summed E-state index contributed by atoms with van der Waals surface area (Å²) < 4.78 is 5.25. The minimum absolute atomic E-state index is 0.209. The van der Waals surface area contributed by atoms with Crippen molar-refractivity contribution in [3.8, 4) is 11.5 Å². The van der Waals surface area contributed by atoms with Crippen molar-refractivity contribution in [2.75, 3.05) is 32.6 Å². The number of ether oxygens (including phenoxy) is 1. The second-order valence-electron chi connectivity index (χ2n) is 5.46. The third-order valence-electron chi connectivity index (χ3n) is 3.62. The van der Waals surface area contributed by atoms with Crippen LogP contribution >= 0.6 is 0 Å². The molecule has 0 aromatic heterocycles. The highest BCUT2D eigenvalue weighted by Gasteiger charge is 2.11. The maximum atomic E-state index is 10.2. The van der Waals surface area contributed by atoms with Crippen LogP contribution in [-0.4, -0.2) is 32.9 Å². The van der Waals surface area contributed by atoms with E-state index in [0.717, 1.165) is 24.2 Å². The van der Waals surface area contributed by atoms with Crippen LogP contribution in [0.3, 0.4) is 0 Å². The van der Waals surface area contributed by atoms with Gasteiger partial charge in [0, 0.05) is 38.0 Å². The standard InChI is InChI=1S/C18H24N2O2/c1-20(2)16-11-15(18(21)17(12-16)22-3)13-19-10-9-14-7-5-4-6-8-14/h4-8,11-12,19,21H,9-10,13H2,1-3H3. The maximum absolute atomic E-state index is 10.2. The first-order valence-electron chi connectivity index (χ1n) is 7.43. The molecule has 2 N–H and O–H groups in total. The molecule has 0 aliphatic rings. The topological polar surface area (TPSA) is 44.7 Å². The minimum Gasteiger partial charge on any atom is -0.504 e. The van der Waals surface area contributed by atoms with Gasteiger partial charge in [-0.25, -0.2) is 0 Å². The van der Waals surface area contributed by atoms with E-state index in [1.807, 2.05) is 49.3 Å². The van der Waals surface area contributed by atoms with Crippen molar-refractivity contribution in [1.29, 1.82) is 0 Å². The number of benzene rings is 2. The highest BCUT2D eigenvalue weighted by atomic mass is 16.5. The number of nitrogens with one attached hydrogen (secondary N) is 1. The number of phenolic OH excluding ortho intramolecular Hbond substituents is 1. The Morgan fingerprint density at radius 2 is 1.86 bits per heavy atom. The molecule has 0 saturated heterocycles. The fourth-order valence-corrected chi connectivity index (χ4v) is 2.30. The highest BCUT2D eigenvalue weighted by molar-refractivity contribution is 5.59. The van der Waals surface area contributed by atoms with Crippen LogP contribution in [0.15, 0.2) is 42.5 Å². The summed E-state index contributed by atoms with van der Waals surface area (Å²) >= 11 is 0. The van der Waals surface area contributed by atoms with Gasteiger partial charge in [0.15, 0.2) is 11.5 Å². The molecule has 22 heavy (non-hydrogen) atoms. The molecule has 118 valence electrons. The number of rotatable bonds is 7. The summed E-state index contributed by atoms with van der Waals surface area (Å²) in [5, 5.41) is 13.6. The van der Waals surface area contributed by atoms with Gasteiger partial charge in [0.05, 0.1) is 7.11 Å². The molecule has 0 unspecified atom stereocenters. The summed E-state index contributed by atoms with van der Waals surface area (Å²) in [5.74, 6) is 0.714. The van der Waals surface area contributed by atoms with Crippen LogP contribution in [0, 0.1) is 0 Å². The zero-order chi connectivity index (χ0) is 15.9. The van der Waals surface area contributed by atoms with E-state index in [-0.39, 0.29) is 5.75 Å². The molecule has 0 heterocycles. The average molecular weight is 300 g/mol. The van der Waals surface area contributed by atoms with Crippen LogP contribution < -0.4 is 15.0 Å². The number of hydrogen-bond acceptors (Lipinski definition) is 4. The molecule has 4 nitrogen and oxygen atoms in total. The van der Waals surface area contributed by atoms with E-state index >= 15 is 0 Å².